The topological polar surface area (TPSA) is 135 Å². The Labute approximate surface area is 167 Å². The fourth-order valence-corrected chi connectivity index (χ4v) is 2.72. The maximum Gasteiger partial charge on any atom is 0.407 e. The van der Waals surface area contributed by atoms with E-state index < -0.39 is 21.7 Å². The van der Waals surface area contributed by atoms with E-state index in [9.17, 15) is 13.2 Å². The molecule has 0 aliphatic carbocycles. The van der Waals surface area contributed by atoms with Crippen molar-refractivity contribution < 1.29 is 17.9 Å². The summed E-state index contributed by atoms with van der Waals surface area (Å²) in [5, 5.41) is 14.1. The second-order valence-electron chi connectivity index (χ2n) is 7.10. The number of aliphatic imine (C=N–C) groups is 1. The van der Waals surface area contributed by atoms with E-state index in [1.54, 1.807) is 12.1 Å². The number of carbonyl (C=O) groups excluding carboxylic acids is 1. The van der Waals surface area contributed by atoms with Gasteiger partial charge in [0.25, 0.3) is 0 Å². The lowest BCUT2D eigenvalue weighted by molar-refractivity contribution is 0.0527. The molecule has 0 aromatic heterocycles. The Hall–Kier alpha value is -2.33. The molecule has 10 heteroatoms. The van der Waals surface area contributed by atoms with E-state index >= 15 is 0 Å². The minimum Gasteiger partial charge on any atom is -0.444 e. The number of alkyl carbamates (subject to hydrolysis) is 1. The number of ether oxygens (including phenoxy) is 1. The molecule has 0 aliphatic rings. The number of hydrogen-bond donors (Lipinski definition) is 4. The molecule has 5 N–H and O–H groups in total. The summed E-state index contributed by atoms with van der Waals surface area (Å²) in [5.41, 5.74) is 0.212. The summed E-state index contributed by atoms with van der Waals surface area (Å²) >= 11 is 0. The Balaban J connectivity index is 2.49. The SMILES string of the molecule is CCNC(=NCc1cccc(S(N)(=O)=O)c1)NCCCNC(=O)OC(C)(C)C. The number of sulfonamides is 1. The van der Waals surface area contributed by atoms with Crippen LogP contribution < -0.4 is 21.1 Å². The lowest BCUT2D eigenvalue weighted by atomic mass is 10.2. The van der Waals surface area contributed by atoms with Gasteiger partial charge in [-0.15, -0.1) is 0 Å². The molecule has 9 nitrogen and oxygen atoms in total. The van der Waals surface area contributed by atoms with Gasteiger partial charge in [-0.25, -0.2) is 23.3 Å². The highest BCUT2D eigenvalue weighted by atomic mass is 32.2. The van der Waals surface area contributed by atoms with Gasteiger partial charge >= 0.3 is 6.09 Å². The fourth-order valence-electron chi connectivity index (χ4n) is 2.13. The van der Waals surface area contributed by atoms with Crippen LogP contribution in [0.3, 0.4) is 0 Å². The number of guanidine groups is 1. The summed E-state index contributed by atoms with van der Waals surface area (Å²) in [6.45, 7) is 9.43. The van der Waals surface area contributed by atoms with Gasteiger partial charge in [-0.2, -0.15) is 0 Å². The molecule has 28 heavy (non-hydrogen) atoms. The molecule has 0 heterocycles. The second-order valence-corrected chi connectivity index (χ2v) is 8.66. The van der Waals surface area contributed by atoms with Gasteiger partial charge < -0.3 is 20.7 Å². The molecule has 1 aromatic carbocycles. The first kappa shape index (κ1) is 23.7. The highest BCUT2D eigenvalue weighted by Crippen LogP contribution is 2.10. The fraction of sp³-hybridized carbons (Fsp3) is 0.556. The Kier molecular flexibility index (Phi) is 9.20. The largest absolute Gasteiger partial charge is 0.444 e. The minimum atomic E-state index is -3.74. The summed E-state index contributed by atoms with van der Waals surface area (Å²) in [6.07, 6.45) is 0.243. The zero-order chi connectivity index (χ0) is 21.2. The molecule has 0 radical (unpaired) electrons. The molecular weight excluding hydrogens is 382 g/mol. The van der Waals surface area contributed by atoms with Crippen molar-refractivity contribution in [3.05, 3.63) is 29.8 Å². The Morgan fingerprint density at radius 3 is 2.46 bits per heavy atom. The highest BCUT2D eigenvalue weighted by molar-refractivity contribution is 7.89. The lowest BCUT2D eigenvalue weighted by Gasteiger charge is -2.19. The summed E-state index contributed by atoms with van der Waals surface area (Å²) in [5.74, 6) is 0.598. The number of nitrogens with two attached hydrogens (primary N) is 1. The van der Waals surface area contributed by atoms with E-state index in [-0.39, 0.29) is 4.90 Å². The predicted octanol–water partition coefficient (Wildman–Crippen LogP) is 1.30. The normalized spacial score (nSPS) is 12.4. The minimum absolute atomic E-state index is 0.0615. The van der Waals surface area contributed by atoms with E-state index in [2.05, 4.69) is 20.9 Å². The van der Waals surface area contributed by atoms with Gasteiger partial charge in [-0.3, -0.25) is 0 Å². The van der Waals surface area contributed by atoms with Crippen LogP contribution in [0.15, 0.2) is 34.2 Å². The lowest BCUT2D eigenvalue weighted by Crippen LogP contribution is -2.39. The number of nitrogens with one attached hydrogen (secondary N) is 3. The van der Waals surface area contributed by atoms with Crippen molar-refractivity contribution in [3.8, 4) is 0 Å². The third-order valence-electron chi connectivity index (χ3n) is 3.31. The Bertz CT molecular complexity index is 772. The van der Waals surface area contributed by atoms with Gasteiger partial charge in [-0.05, 0) is 51.8 Å². The number of primary sulfonamides is 1. The average Bonchev–Trinajstić information content (AvgIpc) is 2.57. The first-order chi connectivity index (χ1) is 13.0. The van der Waals surface area contributed by atoms with Crippen LogP contribution in [0.5, 0.6) is 0 Å². The van der Waals surface area contributed by atoms with Crippen molar-refractivity contribution in [1.82, 2.24) is 16.0 Å². The van der Waals surface area contributed by atoms with Gasteiger partial charge in [0.05, 0.1) is 11.4 Å². The summed E-state index contributed by atoms with van der Waals surface area (Å²) < 4.78 is 28.0. The summed E-state index contributed by atoms with van der Waals surface area (Å²) in [6, 6.07) is 6.37. The maximum atomic E-state index is 11.6. The molecular formula is C18H31N5O4S. The van der Waals surface area contributed by atoms with E-state index in [1.165, 1.54) is 12.1 Å². The summed E-state index contributed by atoms with van der Waals surface area (Å²) in [7, 11) is -3.74. The van der Waals surface area contributed by atoms with Crippen LogP contribution in [0.1, 0.15) is 39.7 Å². The van der Waals surface area contributed by atoms with Crippen molar-refractivity contribution in [3.63, 3.8) is 0 Å². The molecule has 1 amide bonds. The third kappa shape index (κ3) is 10.1. The van der Waals surface area contributed by atoms with E-state index in [1.807, 2.05) is 27.7 Å². The Morgan fingerprint density at radius 2 is 1.86 bits per heavy atom. The third-order valence-corrected chi connectivity index (χ3v) is 4.22. The van der Waals surface area contributed by atoms with Gasteiger partial charge in [-0.1, -0.05) is 12.1 Å². The van der Waals surface area contributed by atoms with E-state index in [0.29, 0.717) is 38.6 Å². The molecule has 0 aliphatic heterocycles. The predicted molar refractivity (Wildman–Crippen MR) is 109 cm³/mol. The zero-order valence-electron chi connectivity index (χ0n) is 16.9. The van der Waals surface area contributed by atoms with Crippen LogP contribution in [0.4, 0.5) is 4.79 Å². The molecule has 0 unspecified atom stereocenters. The average molecular weight is 414 g/mol. The van der Waals surface area contributed by atoms with Crippen LogP contribution in [-0.4, -0.2) is 45.7 Å². The first-order valence-electron chi connectivity index (χ1n) is 9.12. The monoisotopic (exact) mass is 413 g/mol. The number of carbonyl (C=O) groups is 1. The summed E-state index contributed by atoms with van der Waals surface area (Å²) in [4.78, 5) is 16.1. The van der Waals surface area contributed by atoms with Crippen LogP contribution in [0.2, 0.25) is 0 Å². The first-order valence-corrected chi connectivity index (χ1v) is 10.7. The van der Waals surface area contributed by atoms with Crippen LogP contribution in [-0.2, 0) is 21.3 Å². The van der Waals surface area contributed by atoms with Crippen molar-refractivity contribution >= 4 is 22.1 Å². The zero-order valence-corrected chi connectivity index (χ0v) is 17.7. The van der Waals surface area contributed by atoms with Crippen LogP contribution >= 0.6 is 0 Å². The van der Waals surface area contributed by atoms with Crippen molar-refractivity contribution in [2.45, 2.75) is 51.2 Å². The number of nitrogens with zero attached hydrogens (tertiary/aromatic N) is 1. The molecule has 0 fully saturated rings. The quantitative estimate of drug-likeness (QED) is 0.288. The van der Waals surface area contributed by atoms with Gasteiger partial charge in [0.15, 0.2) is 5.96 Å². The highest BCUT2D eigenvalue weighted by Gasteiger charge is 2.15. The molecule has 0 atom stereocenters. The molecule has 1 rings (SSSR count). The Morgan fingerprint density at radius 1 is 1.18 bits per heavy atom. The number of rotatable bonds is 8. The van der Waals surface area contributed by atoms with E-state index in [4.69, 9.17) is 9.88 Å². The van der Waals surface area contributed by atoms with Crippen LogP contribution in [0.25, 0.3) is 0 Å². The second kappa shape index (κ2) is 10.9. The number of hydrogen-bond acceptors (Lipinski definition) is 5. The number of amides is 1. The number of benzene rings is 1. The van der Waals surface area contributed by atoms with Gasteiger partial charge in [0.2, 0.25) is 10.0 Å². The van der Waals surface area contributed by atoms with Crippen LogP contribution in [0, 0.1) is 0 Å². The smallest absolute Gasteiger partial charge is 0.407 e. The molecule has 0 saturated carbocycles. The van der Waals surface area contributed by atoms with Gasteiger partial charge in [0, 0.05) is 19.6 Å². The maximum absolute atomic E-state index is 11.6. The molecule has 0 saturated heterocycles. The molecule has 0 spiro atoms. The standard InChI is InChI=1S/C18H31N5O4S/c1-5-20-16(21-10-7-11-22-17(24)27-18(2,3)4)23-13-14-8-6-9-15(12-14)28(19,25)26/h6,8-9,12H,5,7,10-11,13H2,1-4H3,(H,22,24)(H2,19,25,26)(H2,20,21,23). The van der Waals surface area contributed by atoms with Crippen molar-refractivity contribution in [2.24, 2.45) is 10.1 Å². The molecule has 158 valence electrons. The van der Waals surface area contributed by atoms with Crippen molar-refractivity contribution in [2.75, 3.05) is 19.6 Å². The van der Waals surface area contributed by atoms with Gasteiger partial charge in [0.1, 0.15) is 5.60 Å². The van der Waals surface area contributed by atoms with Crippen molar-refractivity contribution in [1.29, 1.82) is 0 Å². The van der Waals surface area contributed by atoms with E-state index in [0.717, 1.165) is 5.56 Å². The molecule has 1 aromatic rings. The molecule has 0 bridgehead atoms.